The van der Waals surface area contributed by atoms with E-state index >= 15 is 0 Å². The Labute approximate surface area is 220 Å². The summed E-state index contributed by atoms with van der Waals surface area (Å²) in [4.78, 5) is 53.5. The third kappa shape index (κ3) is 6.26. The van der Waals surface area contributed by atoms with Crippen LogP contribution in [0.5, 0.6) is 0 Å². The van der Waals surface area contributed by atoms with E-state index < -0.39 is 0 Å². The van der Waals surface area contributed by atoms with Crippen molar-refractivity contribution in [3.8, 4) is 0 Å². The molecule has 194 valence electrons. The molecule has 4 aromatic heterocycles. The van der Waals surface area contributed by atoms with Crippen molar-refractivity contribution in [3.63, 3.8) is 0 Å². The quantitative estimate of drug-likeness (QED) is 0.197. The van der Waals surface area contributed by atoms with Gasteiger partial charge >= 0.3 is 12.1 Å². The second kappa shape index (κ2) is 11.4. The van der Waals surface area contributed by atoms with Crippen molar-refractivity contribution in [2.45, 2.75) is 6.92 Å². The number of aryl methyl sites for hydroxylation is 1. The van der Waals surface area contributed by atoms with E-state index in [1.54, 1.807) is 12.1 Å². The van der Waals surface area contributed by atoms with Gasteiger partial charge in [-0.3, -0.25) is 10.6 Å². The third-order valence-electron chi connectivity index (χ3n) is 5.25. The summed E-state index contributed by atoms with van der Waals surface area (Å²) in [7, 11) is 0. The molecule has 0 aliphatic heterocycles. The molecular weight excluding hydrogens is 500 g/mol. The van der Waals surface area contributed by atoms with Gasteiger partial charge in [0.1, 0.15) is 23.7 Å². The lowest BCUT2D eigenvalue weighted by Crippen LogP contribution is -2.20. The number of hydrogen-bond donors (Lipinski definition) is 6. The van der Waals surface area contributed by atoms with E-state index in [2.05, 4.69) is 61.1 Å². The van der Waals surface area contributed by atoms with Crippen molar-refractivity contribution >= 4 is 57.4 Å². The van der Waals surface area contributed by atoms with Crippen LogP contribution in [0, 0.1) is 6.92 Å². The van der Waals surface area contributed by atoms with Crippen LogP contribution < -0.4 is 21.3 Å². The summed E-state index contributed by atoms with van der Waals surface area (Å²) in [6.45, 7) is 1.99. The molecule has 0 aliphatic rings. The molecule has 0 spiro atoms. The highest BCUT2D eigenvalue weighted by Gasteiger charge is 2.10. The molecule has 4 amide bonds. The average Bonchev–Trinajstić information content (AvgIpc) is 3.62. The fraction of sp³-hybridized carbons (Fsp3) is 0.0400. The number of urea groups is 2. The molecule has 2 aromatic carbocycles. The molecule has 6 rings (SSSR count). The maximum atomic E-state index is 11.9. The summed E-state index contributed by atoms with van der Waals surface area (Å²) in [6, 6.07) is 15.9. The molecule has 0 saturated carbocycles. The highest BCUT2D eigenvalue weighted by atomic mass is 16.2. The van der Waals surface area contributed by atoms with Crippen LogP contribution in [0.25, 0.3) is 22.3 Å². The Morgan fingerprint density at radius 2 is 1.08 bits per heavy atom. The van der Waals surface area contributed by atoms with Gasteiger partial charge in [0.2, 0.25) is 0 Å². The minimum atomic E-state index is -0.374. The first kappa shape index (κ1) is 24.8. The number of nitrogens with zero attached hydrogens (tertiary/aromatic N) is 6. The van der Waals surface area contributed by atoms with Crippen LogP contribution in [0.3, 0.4) is 0 Å². The zero-order valence-electron chi connectivity index (χ0n) is 20.5. The molecule has 0 bridgehead atoms. The topological polar surface area (TPSA) is 191 Å². The van der Waals surface area contributed by atoms with Crippen molar-refractivity contribution in [1.29, 1.82) is 0 Å². The molecule has 0 atom stereocenters. The monoisotopic (exact) mass is 522 g/mol. The van der Waals surface area contributed by atoms with Gasteiger partial charge in [-0.2, -0.15) is 0 Å². The Morgan fingerprint density at radius 3 is 1.59 bits per heavy atom. The lowest BCUT2D eigenvalue weighted by molar-refractivity contribution is 0.261. The van der Waals surface area contributed by atoms with Crippen LogP contribution in [0.2, 0.25) is 0 Å². The molecule has 0 fully saturated rings. The molecule has 6 N–H and O–H groups in total. The van der Waals surface area contributed by atoms with E-state index in [9.17, 15) is 9.59 Å². The molecule has 0 saturated heterocycles. The smallest absolute Gasteiger partial charge is 0.324 e. The number of H-pyrrole nitrogens is 2. The van der Waals surface area contributed by atoms with Gasteiger partial charge in [0.25, 0.3) is 0 Å². The largest absolute Gasteiger partial charge is 0.340 e. The van der Waals surface area contributed by atoms with E-state index in [-0.39, 0.29) is 12.1 Å². The van der Waals surface area contributed by atoms with E-state index in [4.69, 9.17) is 0 Å². The van der Waals surface area contributed by atoms with E-state index in [0.717, 1.165) is 5.56 Å². The first-order valence-corrected chi connectivity index (χ1v) is 11.6. The predicted molar refractivity (Wildman–Crippen MR) is 146 cm³/mol. The number of aromatic amines is 2. The SMILES string of the molecule is Cc1ccc(NC(=O)Nc2ncnc3nc[nH]c23)cc1.O=C(Nc1ccccc1)Nc1ncnc2nc[nH]c12. The molecule has 14 nitrogen and oxygen atoms in total. The van der Waals surface area contributed by atoms with Crippen molar-refractivity contribution in [2.75, 3.05) is 21.3 Å². The molecule has 4 heterocycles. The normalized spacial score (nSPS) is 10.4. The van der Waals surface area contributed by atoms with Crippen LogP contribution in [0.1, 0.15) is 5.56 Å². The maximum absolute atomic E-state index is 11.9. The highest BCUT2D eigenvalue weighted by Crippen LogP contribution is 2.16. The van der Waals surface area contributed by atoms with Gasteiger partial charge in [-0.15, -0.1) is 0 Å². The van der Waals surface area contributed by atoms with Crippen molar-refractivity contribution < 1.29 is 9.59 Å². The summed E-state index contributed by atoms with van der Waals surface area (Å²) in [5, 5.41) is 10.7. The lowest BCUT2D eigenvalue weighted by atomic mass is 10.2. The first-order valence-electron chi connectivity index (χ1n) is 11.6. The van der Waals surface area contributed by atoms with Crippen molar-refractivity contribution in [3.05, 3.63) is 85.5 Å². The van der Waals surface area contributed by atoms with Crippen LogP contribution in [-0.4, -0.2) is 51.9 Å². The number of amides is 4. The Morgan fingerprint density at radius 1 is 0.590 bits per heavy atom. The second-order valence-electron chi connectivity index (χ2n) is 8.04. The number of para-hydroxylation sites is 1. The third-order valence-corrected chi connectivity index (χ3v) is 5.25. The average molecular weight is 523 g/mol. The molecule has 0 aliphatic carbocycles. The van der Waals surface area contributed by atoms with Gasteiger partial charge in [0.05, 0.1) is 12.7 Å². The van der Waals surface area contributed by atoms with Gasteiger partial charge < -0.3 is 20.6 Å². The van der Waals surface area contributed by atoms with Crippen molar-refractivity contribution in [1.82, 2.24) is 39.9 Å². The fourth-order valence-corrected chi connectivity index (χ4v) is 3.42. The Kier molecular flexibility index (Phi) is 7.25. The summed E-state index contributed by atoms with van der Waals surface area (Å²) >= 11 is 0. The van der Waals surface area contributed by atoms with Gasteiger partial charge in [0.15, 0.2) is 22.9 Å². The van der Waals surface area contributed by atoms with Crippen LogP contribution >= 0.6 is 0 Å². The summed E-state index contributed by atoms with van der Waals surface area (Å²) in [5.41, 5.74) is 4.73. The molecule has 14 heteroatoms. The Bertz CT molecular complexity index is 1710. The number of aromatic nitrogens is 8. The number of carbonyl (C=O) groups excluding carboxylic acids is 2. The van der Waals surface area contributed by atoms with E-state index in [0.29, 0.717) is 45.3 Å². The number of hydrogen-bond acceptors (Lipinski definition) is 8. The Balaban J connectivity index is 0.000000158. The van der Waals surface area contributed by atoms with Crippen LogP contribution in [0.4, 0.5) is 32.6 Å². The predicted octanol–water partition coefficient (Wildman–Crippen LogP) is 4.30. The van der Waals surface area contributed by atoms with Gasteiger partial charge in [-0.05, 0) is 31.2 Å². The van der Waals surface area contributed by atoms with Crippen molar-refractivity contribution in [2.24, 2.45) is 0 Å². The Hall–Kier alpha value is -5.92. The number of imidazole rings is 2. The summed E-state index contributed by atoms with van der Waals surface area (Å²) in [6.07, 6.45) is 5.70. The van der Waals surface area contributed by atoms with E-state index in [1.165, 1.54) is 25.3 Å². The first-order chi connectivity index (χ1) is 19.0. The molecular formula is C25H22N12O2. The molecule has 0 unspecified atom stereocenters. The zero-order valence-corrected chi connectivity index (χ0v) is 20.5. The highest BCUT2D eigenvalue weighted by molar-refractivity contribution is 6.03. The molecule has 0 radical (unpaired) electrons. The number of carbonyl (C=O) groups is 2. The lowest BCUT2D eigenvalue weighted by Gasteiger charge is -2.07. The standard InChI is InChI=1S/C13H12N6O.C12H10N6O/c1-8-2-4-9(5-3-8)18-13(20)19-12-10-11(15-6-14-10)16-7-17-12;19-12(17-8-4-2-1-3-5-8)18-11-9-10(14-6-13-9)15-7-16-11/h2-7H,1H3,(H3,14,15,16,17,18,19,20);1-7H,(H3,13,14,15,16,17,18,19). The fourth-order valence-electron chi connectivity index (χ4n) is 3.42. The molecule has 39 heavy (non-hydrogen) atoms. The minimum Gasteiger partial charge on any atom is -0.340 e. The zero-order chi connectivity index (χ0) is 27.0. The maximum Gasteiger partial charge on any atom is 0.324 e. The van der Waals surface area contributed by atoms with Crippen LogP contribution in [-0.2, 0) is 0 Å². The minimum absolute atomic E-state index is 0.372. The summed E-state index contributed by atoms with van der Waals surface area (Å²) in [5.74, 6) is 0.771. The van der Waals surface area contributed by atoms with Gasteiger partial charge in [0, 0.05) is 11.4 Å². The number of rotatable bonds is 4. The summed E-state index contributed by atoms with van der Waals surface area (Å²) < 4.78 is 0. The van der Waals surface area contributed by atoms with Gasteiger partial charge in [-0.1, -0.05) is 35.9 Å². The number of fused-ring (bicyclic) bond motifs is 2. The molecule has 6 aromatic rings. The number of anilines is 4. The second-order valence-corrected chi connectivity index (χ2v) is 8.04. The van der Waals surface area contributed by atoms with Gasteiger partial charge in [-0.25, -0.2) is 39.5 Å². The number of nitrogens with one attached hydrogen (secondary N) is 6. The van der Waals surface area contributed by atoms with Crippen LogP contribution in [0.15, 0.2) is 79.9 Å². The van der Waals surface area contributed by atoms with E-state index in [1.807, 2.05) is 49.4 Å². The number of benzene rings is 2.